The summed E-state index contributed by atoms with van der Waals surface area (Å²) in [5.41, 5.74) is 1.25. The summed E-state index contributed by atoms with van der Waals surface area (Å²) in [7, 11) is 2.10. The summed E-state index contributed by atoms with van der Waals surface area (Å²) in [6.45, 7) is 2.38. The van der Waals surface area contributed by atoms with E-state index >= 15 is 0 Å². The van der Waals surface area contributed by atoms with Crippen LogP contribution in [0.3, 0.4) is 0 Å². The summed E-state index contributed by atoms with van der Waals surface area (Å²) in [5, 5.41) is 5.58. The van der Waals surface area contributed by atoms with E-state index in [2.05, 4.69) is 41.5 Å². The van der Waals surface area contributed by atoms with Gasteiger partial charge in [-0.05, 0) is 44.6 Å². The van der Waals surface area contributed by atoms with Crippen LogP contribution in [0.4, 0.5) is 0 Å². The van der Waals surface area contributed by atoms with Gasteiger partial charge in [-0.25, -0.2) is 4.98 Å². The first-order valence-electron chi connectivity index (χ1n) is 6.84. The van der Waals surface area contributed by atoms with Gasteiger partial charge in [-0.3, -0.25) is 4.40 Å². The molecular weight excluding hydrogens is 242 g/mol. The predicted octanol–water partition coefficient (Wildman–Crippen LogP) is 2.96. The maximum atomic E-state index is 4.71. The Bertz CT molecular complexity index is 487. The Morgan fingerprint density at radius 3 is 3.17 bits per heavy atom. The smallest absolute Gasteiger partial charge is 0.193 e. The molecule has 0 amide bonds. The molecule has 1 aliphatic rings. The van der Waals surface area contributed by atoms with Crippen LogP contribution in [0.2, 0.25) is 0 Å². The summed E-state index contributed by atoms with van der Waals surface area (Å²) >= 11 is 1.71. The van der Waals surface area contributed by atoms with Crippen molar-refractivity contribution in [2.75, 3.05) is 7.05 Å². The molecule has 2 heterocycles. The summed E-state index contributed by atoms with van der Waals surface area (Å²) in [6, 6.07) is 0.668. The second kappa shape index (κ2) is 5.02. The van der Waals surface area contributed by atoms with Crippen LogP contribution in [-0.4, -0.2) is 22.5 Å². The zero-order valence-corrected chi connectivity index (χ0v) is 11.9. The lowest BCUT2D eigenvalue weighted by atomic mass is 9.77. The van der Waals surface area contributed by atoms with Gasteiger partial charge in [-0.15, -0.1) is 11.3 Å². The highest BCUT2D eigenvalue weighted by molar-refractivity contribution is 7.15. The van der Waals surface area contributed by atoms with Crippen molar-refractivity contribution >= 4 is 16.3 Å². The maximum absolute atomic E-state index is 4.71. The Labute approximate surface area is 112 Å². The van der Waals surface area contributed by atoms with E-state index in [0.717, 1.165) is 23.2 Å². The molecule has 98 valence electrons. The number of aromatic nitrogens is 2. The molecule has 3 unspecified atom stereocenters. The van der Waals surface area contributed by atoms with Crippen molar-refractivity contribution in [2.24, 2.45) is 11.8 Å². The van der Waals surface area contributed by atoms with Crippen LogP contribution >= 0.6 is 11.3 Å². The topological polar surface area (TPSA) is 29.3 Å². The average Bonchev–Trinajstić information content (AvgIpc) is 2.90. The molecule has 2 aromatic rings. The van der Waals surface area contributed by atoms with Gasteiger partial charge < -0.3 is 5.32 Å². The molecule has 0 aromatic carbocycles. The van der Waals surface area contributed by atoms with Crippen molar-refractivity contribution in [1.82, 2.24) is 14.7 Å². The molecule has 0 saturated heterocycles. The van der Waals surface area contributed by atoms with E-state index in [4.69, 9.17) is 4.98 Å². The SMILES string of the molecule is CNC1CCC(C)CC1Cc1cn2ccsc2n1. The Hall–Kier alpha value is -0.870. The fourth-order valence-electron chi connectivity index (χ4n) is 3.25. The van der Waals surface area contributed by atoms with E-state index in [-0.39, 0.29) is 0 Å². The van der Waals surface area contributed by atoms with E-state index in [1.165, 1.54) is 25.0 Å². The lowest BCUT2D eigenvalue weighted by Crippen LogP contribution is -2.39. The molecule has 1 N–H and O–H groups in total. The van der Waals surface area contributed by atoms with Gasteiger partial charge in [-0.1, -0.05) is 6.92 Å². The lowest BCUT2D eigenvalue weighted by Gasteiger charge is -2.34. The highest BCUT2D eigenvalue weighted by atomic mass is 32.1. The predicted molar refractivity (Wildman–Crippen MR) is 76.1 cm³/mol. The largest absolute Gasteiger partial charge is 0.317 e. The monoisotopic (exact) mass is 263 g/mol. The minimum absolute atomic E-state index is 0.668. The Kier molecular flexibility index (Phi) is 3.39. The summed E-state index contributed by atoms with van der Waals surface area (Å²) < 4.78 is 2.14. The van der Waals surface area contributed by atoms with E-state index in [1.807, 2.05) is 0 Å². The average molecular weight is 263 g/mol. The number of rotatable bonds is 3. The third-order valence-electron chi connectivity index (χ3n) is 4.23. The Morgan fingerprint density at radius 1 is 1.50 bits per heavy atom. The second-order valence-electron chi connectivity index (χ2n) is 5.60. The van der Waals surface area contributed by atoms with Gasteiger partial charge in [0.25, 0.3) is 0 Å². The van der Waals surface area contributed by atoms with Crippen LogP contribution in [-0.2, 0) is 6.42 Å². The van der Waals surface area contributed by atoms with Crippen LogP contribution in [0.25, 0.3) is 4.96 Å². The third-order valence-corrected chi connectivity index (χ3v) is 5.00. The number of fused-ring (bicyclic) bond motifs is 1. The van der Waals surface area contributed by atoms with Crippen LogP contribution in [0.1, 0.15) is 31.9 Å². The molecule has 0 radical (unpaired) electrons. The van der Waals surface area contributed by atoms with Gasteiger partial charge in [0, 0.05) is 23.8 Å². The third kappa shape index (κ3) is 2.31. The number of hydrogen-bond acceptors (Lipinski definition) is 3. The van der Waals surface area contributed by atoms with Crippen LogP contribution in [0.5, 0.6) is 0 Å². The minimum atomic E-state index is 0.668. The molecular formula is C14H21N3S. The second-order valence-corrected chi connectivity index (χ2v) is 6.48. The normalized spacial score (nSPS) is 28.9. The van der Waals surface area contributed by atoms with Gasteiger partial charge >= 0.3 is 0 Å². The van der Waals surface area contributed by atoms with Gasteiger partial charge in [0.15, 0.2) is 4.96 Å². The van der Waals surface area contributed by atoms with Crippen molar-refractivity contribution < 1.29 is 0 Å². The van der Waals surface area contributed by atoms with Gasteiger partial charge in [0.2, 0.25) is 0 Å². The van der Waals surface area contributed by atoms with Crippen LogP contribution in [0.15, 0.2) is 17.8 Å². The number of hydrogen-bond donors (Lipinski definition) is 1. The Balaban J connectivity index is 1.75. The molecule has 0 spiro atoms. The van der Waals surface area contributed by atoms with Crippen molar-refractivity contribution in [3.8, 4) is 0 Å². The first-order valence-corrected chi connectivity index (χ1v) is 7.72. The lowest BCUT2D eigenvalue weighted by molar-refractivity contribution is 0.219. The van der Waals surface area contributed by atoms with Crippen molar-refractivity contribution in [3.05, 3.63) is 23.5 Å². The molecule has 1 aliphatic carbocycles. The number of imidazole rings is 1. The van der Waals surface area contributed by atoms with Crippen molar-refractivity contribution in [2.45, 2.75) is 38.6 Å². The van der Waals surface area contributed by atoms with Gasteiger partial charge in [0.05, 0.1) is 5.69 Å². The molecule has 3 atom stereocenters. The first-order chi connectivity index (χ1) is 8.76. The van der Waals surface area contributed by atoms with Gasteiger partial charge in [-0.2, -0.15) is 0 Å². The fraction of sp³-hybridized carbons (Fsp3) is 0.643. The summed E-state index contributed by atoms with van der Waals surface area (Å²) in [5.74, 6) is 1.60. The zero-order valence-electron chi connectivity index (χ0n) is 11.1. The standard InChI is InChI=1S/C14H21N3S/c1-10-3-4-13(15-2)11(7-10)8-12-9-17-5-6-18-14(17)16-12/h5-6,9-11,13,15H,3-4,7-8H2,1-2H3. The minimum Gasteiger partial charge on any atom is -0.317 e. The molecule has 1 saturated carbocycles. The summed E-state index contributed by atoms with van der Waals surface area (Å²) in [6.07, 6.45) is 9.40. The first kappa shape index (κ1) is 12.2. The van der Waals surface area contributed by atoms with E-state index < -0.39 is 0 Å². The molecule has 3 rings (SSSR count). The quantitative estimate of drug-likeness (QED) is 0.922. The van der Waals surface area contributed by atoms with Crippen LogP contribution < -0.4 is 5.32 Å². The van der Waals surface area contributed by atoms with E-state index in [1.54, 1.807) is 11.3 Å². The number of nitrogens with zero attached hydrogens (tertiary/aromatic N) is 2. The maximum Gasteiger partial charge on any atom is 0.193 e. The van der Waals surface area contributed by atoms with Crippen molar-refractivity contribution in [1.29, 1.82) is 0 Å². The van der Waals surface area contributed by atoms with Crippen LogP contribution in [0, 0.1) is 11.8 Å². The number of thiazole rings is 1. The van der Waals surface area contributed by atoms with E-state index in [0.29, 0.717) is 6.04 Å². The molecule has 0 bridgehead atoms. The highest BCUT2D eigenvalue weighted by Gasteiger charge is 2.28. The molecule has 18 heavy (non-hydrogen) atoms. The van der Waals surface area contributed by atoms with Crippen molar-refractivity contribution in [3.63, 3.8) is 0 Å². The zero-order chi connectivity index (χ0) is 12.5. The highest BCUT2D eigenvalue weighted by Crippen LogP contribution is 2.31. The molecule has 3 nitrogen and oxygen atoms in total. The van der Waals surface area contributed by atoms with E-state index in [9.17, 15) is 0 Å². The van der Waals surface area contributed by atoms with Gasteiger partial charge in [0.1, 0.15) is 0 Å². The fourth-order valence-corrected chi connectivity index (χ4v) is 3.97. The molecule has 2 aromatic heterocycles. The summed E-state index contributed by atoms with van der Waals surface area (Å²) in [4.78, 5) is 5.83. The molecule has 4 heteroatoms. The Morgan fingerprint density at radius 2 is 2.39 bits per heavy atom. The number of nitrogens with one attached hydrogen (secondary N) is 1. The molecule has 1 fully saturated rings. The molecule has 0 aliphatic heterocycles.